The van der Waals surface area contributed by atoms with Crippen molar-refractivity contribution < 1.29 is 34.5 Å². The Bertz CT molecular complexity index is 51.6. The van der Waals surface area contributed by atoms with Crippen LogP contribution in [0.1, 0.15) is 20.3 Å². The fourth-order valence-corrected chi connectivity index (χ4v) is 0.494. The molecule has 0 aromatic heterocycles. The van der Waals surface area contributed by atoms with Crippen LogP contribution in [-0.2, 0) is 24.3 Å². The molecule has 11 heavy (non-hydrogen) atoms. The summed E-state index contributed by atoms with van der Waals surface area (Å²) >= 11 is 0. The maximum atomic E-state index is 8.56. The van der Waals surface area contributed by atoms with Crippen LogP contribution in [0.3, 0.4) is 0 Å². The monoisotopic (exact) mass is 251 g/mol. The Labute approximate surface area is 81.6 Å². The molecular formula is C7H16O3Rh. The van der Waals surface area contributed by atoms with Gasteiger partial charge in [-0.15, -0.1) is 0 Å². The van der Waals surface area contributed by atoms with Gasteiger partial charge in [-0.05, 0) is 20.3 Å². The average Bonchev–Trinajstić information content (AvgIpc) is 1.68. The first-order valence-corrected chi connectivity index (χ1v) is 2.72. The van der Waals surface area contributed by atoms with Crippen LogP contribution in [0.2, 0.25) is 0 Å². The third-order valence-electron chi connectivity index (χ3n) is 0.682. The maximum Gasteiger partial charge on any atom is 2.00 e. The van der Waals surface area contributed by atoms with E-state index in [1.54, 1.807) is 13.8 Å². The van der Waals surface area contributed by atoms with E-state index >= 15 is 0 Å². The minimum absolute atomic E-state index is 0. The van der Waals surface area contributed by atoms with E-state index in [1.807, 2.05) is 0 Å². The Hall–Kier alpha value is 0.213. The van der Waals surface area contributed by atoms with Crippen LogP contribution in [0.25, 0.3) is 0 Å². The minimum atomic E-state index is -0.375. The number of hydrogen-bond acceptors (Lipinski definition) is 3. The molecule has 0 aliphatic carbocycles. The summed E-state index contributed by atoms with van der Waals surface area (Å²) in [7, 11) is 0. The van der Waals surface area contributed by atoms with Gasteiger partial charge in [-0.3, -0.25) is 6.79 Å². The Morgan fingerprint density at radius 1 is 1.18 bits per heavy atom. The van der Waals surface area contributed by atoms with Crippen LogP contribution in [0.5, 0.6) is 0 Å². The quantitative estimate of drug-likeness (QED) is 0.422. The van der Waals surface area contributed by atoms with Gasteiger partial charge in [0.15, 0.2) is 0 Å². The molecule has 0 rings (SSSR count). The Kier molecular flexibility index (Phi) is 34.1. The predicted molar refractivity (Wildman–Crippen MR) is 41.1 cm³/mol. The van der Waals surface area contributed by atoms with E-state index in [-0.39, 0.29) is 39.1 Å². The van der Waals surface area contributed by atoms with Gasteiger partial charge in [0.1, 0.15) is 0 Å². The van der Waals surface area contributed by atoms with Crippen LogP contribution in [0.15, 0.2) is 0 Å². The molecule has 0 heterocycles. The first kappa shape index (κ1) is 22.5. The van der Waals surface area contributed by atoms with Crippen LogP contribution in [0.4, 0.5) is 0 Å². The molecule has 0 aliphatic rings. The van der Waals surface area contributed by atoms with Crippen LogP contribution < -0.4 is 0 Å². The molecule has 0 spiro atoms. The van der Waals surface area contributed by atoms with Crippen molar-refractivity contribution in [1.82, 2.24) is 0 Å². The number of aliphatic hydroxyl groups is 2. The maximum absolute atomic E-state index is 8.56. The molecule has 0 aliphatic heterocycles. The predicted octanol–water partition coefficient (Wildman–Crippen LogP) is 0.312. The van der Waals surface area contributed by atoms with E-state index in [0.717, 1.165) is 0 Å². The van der Waals surface area contributed by atoms with Gasteiger partial charge >= 0.3 is 19.5 Å². The van der Waals surface area contributed by atoms with Crippen molar-refractivity contribution in [1.29, 1.82) is 0 Å². The zero-order chi connectivity index (χ0) is 7.86. The molecule has 0 bridgehead atoms. The molecule has 0 aromatic carbocycles. The van der Waals surface area contributed by atoms with Gasteiger partial charge in [-0.1, -0.05) is 0 Å². The van der Waals surface area contributed by atoms with Gasteiger partial charge in [0, 0.05) is 0 Å². The van der Waals surface area contributed by atoms with E-state index in [2.05, 4.69) is 6.79 Å². The van der Waals surface area contributed by atoms with Gasteiger partial charge in [0.05, 0.1) is 12.2 Å². The standard InChI is InChI=1S/C5H12O2.CHO.CH3.Rh/c1-4(6)3-5(2)7;1-2;;/h4-7H,3H2,1-2H3;1H;1H3;/q;2*-1;+2. The molecule has 2 N–H and O–H groups in total. The normalized spacial score (nSPS) is 12.4. The van der Waals surface area contributed by atoms with E-state index in [9.17, 15) is 0 Å². The fraction of sp³-hybridized carbons (Fsp3) is 0.714. The van der Waals surface area contributed by atoms with E-state index in [0.29, 0.717) is 6.42 Å². The SMILES string of the molecule is CC(O)CC(C)O.[CH-]=O.[CH3-].[Rh+2]. The Morgan fingerprint density at radius 2 is 1.36 bits per heavy atom. The summed E-state index contributed by atoms with van der Waals surface area (Å²) in [6.45, 7) is 6.57. The third kappa shape index (κ3) is 38.8. The van der Waals surface area contributed by atoms with Gasteiger partial charge in [0.2, 0.25) is 0 Å². The summed E-state index contributed by atoms with van der Waals surface area (Å²) < 4.78 is 0. The van der Waals surface area contributed by atoms with Gasteiger partial charge in [-0.25, -0.2) is 0 Å². The first-order valence-electron chi connectivity index (χ1n) is 2.72. The zero-order valence-corrected chi connectivity index (χ0v) is 8.71. The average molecular weight is 251 g/mol. The second kappa shape index (κ2) is 16.7. The van der Waals surface area contributed by atoms with Crippen molar-refractivity contribution in [2.24, 2.45) is 0 Å². The van der Waals surface area contributed by atoms with Gasteiger partial charge < -0.3 is 22.4 Å². The van der Waals surface area contributed by atoms with Crippen molar-refractivity contribution in [3.63, 3.8) is 0 Å². The molecule has 0 amide bonds. The number of carbonyl (C=O) groups excluding carboxylic acids is 1. The summed E-state index contributed by atoms with van der Waals surface area (Å²) in [4.78, 5) is 7.75. The second-order valence-corrected chi connectivity index (χ2v) is 1.93. The molecule has 2 unspecified atom stereocenters. The molecule has 0 fully saturated rings. The number of aliphatic hydroxyl groups excluding tert-OH is 2. The molecule has 71 valence electrons. The van der Waals surface area contributed by atoms with Crippen molar-refractivity contribution in [2.75, 3.05) is 0 Å². The number of rotatable bonds is 2. The Balaban J connectivity index is -0.0000000564. The van der Waals surface area contributed by atoms with Crippen molar-refractivity contribution in [2.45, 2.75) is 32.5 Å². The van der Waals surface area contributed by atoms with Crippen LogP contribution in [-0.4, -0.2) is 29.2 Å². The smallest absolute Gasteiger partial charge is 0.545 e. The molecule has 0 saturated heterocycles. The minimum Gasteiger partial charge on any atom is -0.545 e. The van der Waals surface area contributed by atoms with E-state index < -0.39 is 0 Å². The van der Waals surface area contributed by atoms with Crippen molar-refractivity contribution >= 4 is 6.79 Å². The van der Waals surface area contributed by atoms with E-state index in [4.69, 9.17) is 15.0 Å². The molecular weight excluding hydrogens is 235 g/mol. The summed E-state index contributed by atoms with van der Waals surface area (Å²) in [5.74, 6) is 0. The topological polar surface area (TPSA) is 57.5 Å². The molecule has 3 nitrogen and oxygen atoms in total. The first-order chi connectivity index (χ1) is 4.13. The fourth-order valence-electron chi connectivity index (χ4n) is 0.494. The number of hydrogen-bond donors (Lipinski definition) is 2. The van der Waals surface area contributed by atoms with Crippen LogP contribution in [0, 0.1) is 7.43 Å². The van der Waals surface area contributed by atoms with Gasteiger partial charge in [0.25, 0.3) is 0 Å². The summed E-state index contributed by atoms with van der Waals surface area (Å²) in [5.41, 5.74) is 0. The van der Waals surface area contributed by atoms with Crippen LogP contribution >= 0.6 is 0 Å². The summed E-state index contributed by atoms with van der Waals surface area (Å²) in [6.07, 6.45) is -0.278. The van der Waals surface area contributed by atoms with Crippen molar-refractivity contribution in [3.8, 4) is 0 Å². The summed E-state index contributed by atoms with van der Waals surface area (Å²) in [6, 6.07) is 0. The van der Waals surface area contributed by atoms with E-state index in [1.165, 1.54) is 0 Å². The molecule has 4 heteroatoms. The molecule has 0 saturated carbocycles. The third-order valence-corrected chi connectivity index (χ3v) is 0.682. The Morgan fingerprint density at radius 3 is 1.36 bits per heavy atom. The molecule has 0 aromatic rings. The largest absolute Gasteiger partial charge is 2.00 e. The van der Waals surface area contributed by atoms with Gasteiger partial charge in [-0.2, -0.15) is 0 Å². The van der Waals surface area contributed by atoms with Crippen molar-refractivity contribution in [3.05, 3.63) is 7.43 Å². The molecule has 2 atom stereocenters. The summed E-state index contributed by atoms with van der Waals surface area (Å²) in [5, 5.41) is 17.1. The zero-order valence-electron chi connectivity index (χ0n) is 7.08. The second-order valence-electron chi connectivity index (χ2n) is 1.93. The molecule has 1 radical (unpaired) electrons.